The van der Waals surface area contributed by atoms with E-state index in [1.165, 1.54) is 7.11 Å². The minimum Gasteiger partial charge on any atom is -0.497 e. The van der Waals surface area contributed by atoms with Crippen LogP contribution in [0.15, 0.2) is 12.1 Å². The van der Waals surface area contributed by atoms with Gasteiger partial charge < -0.3 is 10.1 Å². The van der Waals surface area contributed by atoms with Crippen LogP contribution in [-0.4, -0.2) is 34.1 Å². The number of benzene rings is 1. The first-order chi connectivity index (χ1) is 9.28. The monoisotopic (exact) mass is 307 g/mol. The number of ether oxygens (including phenoxy) is 1. The van der Waals surface area contributed by atoms with Crippen LogP contribution in [0.1, 0.15) is 24.9 Å². The Morgan fingerprint density at radius 2 is 1.85 bits per heavy atom. The second kappa shape index (κ2) is 6.99. The third kappa shape index (κ3) is 4.72. The fourth-order valence-corrected chi connectivity index (χ4v) is 2.77. The molecule has 1 atom stereocenters. The normalized spacial score (nSPS) is 13.2. The average Bonchev–Trinajstić information content (AvgIpc) is 2.32. The maximum atomic E-state index is 14.0. The van der Waals surface area contributed by atoms with Crippen LogP contribution >= 0.6 is 0 Å². The summed E-state index contributed by atoms with van der Waals surface area (Å²) in [7, 11) is -2.08. The van der Waals surface area contributed by atoms with Crippen molar-refractivity contribution in [1.29, 1.82) is 0 Å². The van der Waals surface area contributed by atoms with Crippen LogP contribution in [0.25, 0.3) is 0 Å². The molecule has 114 valence electrons. The molecule has 1 aromatic rings. The molecule has 0 saturated carbocycles. The van der Waals surface area contributed by atoms with Crippen LogP contribution < -0.4 is 10.1 Å². The first kappa shape index (κ1) is 16.8. The second-order valence-corrected chi connectivity index (χ2v) is 6.79. The molecule has 1 aromatic carbocycles. The standard InChI is InChI=1S/C13H19F2NO3S/c1-4-5-16-12(8-20(3,17)18)13-10(14)6-9(19-2)7-11(13)15/h6-7,12,16H,4-5,8H2,1-3H3. The van der Waals surface area contributed by atoms with Gasteiger partial charge in [-0.25, -0.2) is 17.2 Å². The molecule has 7 heteroatoms. The van der Waals surface area contributed by atoms with Gasteiger partial charge in [0.25, 0.3) is 0 Å². The highest BCUT2D eigenvalue weighted by molar-refractivity contribution is 7.90. The van der Waals surface area contributed by atoms with Crippen molar-refractivity contribution >= 4 is 9.84 Å². The van der Waals surface area contributed by atoms with Gasteiger partial charge in [0, 0.05) is 24.0 Å². The first-order valence-corrected chi connectivity index (χ1v) is 8.28. The van der Waals surface area contributed by atoms with Crippen LogP contribution in [0.3, 0.4) is 0 Å². The molecule has 0 radical (unpaired) electrons. The van der Waals surface area contributed by atoms with Crippen LogP contribution in [0, 0.1) is 11.6 Å². The molecule has 0 aromatic heterocycles. The third-order valence-electron chi connectivity index (χ3n) is 2.75. The Balaban J connectivity index is 3.19. The van der Waals surface area contributed by atoms with Crippen molar-refractivity contribution < 1.29 is 21.9 Å². The molecule has 1 unspecified atom stereocenters. The molecule has 0 amide bonds. The number of rotatable bonds is 7. The van der Waals surface area contributed by atoms with Gasteiger partial charge in [-0.15, -0.1) is 0 Å². The van der Waals surface area contributed by atoms with Crippen molar-refractivity contribution in [2.45, 2.75) is 19.4 Å². The molecule has 1 rings (SSSR count). The minimum atomic E-state index is -3.38. The van der Waals surface area contributed by atoms with Crippen molar-refractivity contribution in [3.8, 4) is 5.75 Å². The highest BCUT2D eigenvalue weighted by atomic mass is 32.2. The molecule has 0 fully saturated rings. The molecule has 0 aliphatic heterocycles. The summed E-state index contributed by atoms with van der Waals surface area (Å²) in [5.41, 5.74) is -0.273. The van der Waals surface area contributed by atoms with E-state index in [4.69, 9.17) is 4.74 Å². The summed E-state index contributed by atoms with van der Waals surface area (Å²) in [6, 6.07) is 1.17. The molecule has 4 nitrogen and oxygen atoms in total. The van der Waals surface area contributed by atoms with E-state index in [9.17, 15) is 17.2 Å². The number of hydrogen-bond acceptors (Lipinski definition) is 4. The molecule has 0 aliphatic carbocycles. The predicted octanol–water partition coefficient (Wildman–Crippen LogP) is 2.06. The molecule has 1 N–H and O–H groups in total. The van der Waals surface area contributed by atoms with Gasteiger partial charge in [0.15, 0.2) is 0 Å². The minimum absolute atomic E-state index is 0.0531. The lowest BCUT2D eigenvalue weighted by Crippen LogP contribution is -2.30. The summed E-state index contributed by atoms with van der Waals surface area (Å²) in [6.45, 7) is 2.34. The molecule has 20 heavy (non-hydrogen) atoms. The SMILES string of the molecule is CCCNC(CS(C)(=O)=O)c1c(F)cc(OC)cc1F. The van der Waals surface area contributed by atoms with Gasteiger partial charge in [-0.05, 0) is 13.0 Å². The van der Waals surface area contributed by atoms with Crippen molar-refractivity contribution in [2.75, 3.05) is 25.7 Å². The lowest BCUT2D eigenvalue weighted by Gasteiger charge is -2.19. The highest BCUT2D eigenvalue weighted by Crippen LogP contribution is 2.26. The van der Waals surface area contributed by atoms with E-state index >= 15 is 0 Å². The maximum Gasteiger partial charge on any atom is 0.149 e. The Bertz CT molecular complexity index is 538. The van der Waals surface area contributed by atoms with Crippen LogP contribution in [0.4, 0.5) is 8.78 Å². The van der Waals surface area contributed by atoms with Gasteiger partial charge in [0.1, 0.15) is 27.2 Å². The first-order valence-electron chi connectivity index (χ1n) is 6.22. The zero-order valence-electron chi connectivity index (χ0n) is 11.7. The summed E-state index contributed by atoms with van der Waals surface area (Å²) in [4.78, 5) is 0. The number of hydrogen-bond donors (Lipinski definition) is 1. The summed E-state index contributed by atoms with van der Waals surface area (Å²) >= 11 is 0. The van der Waals surface area contributed by atoms with Crippen LogP contribution in [-0.2, 0) is 9.84 Å². The van der Waals surface area contributed by atoms with Gasteiger partial charge >= 0.3 is 0 Å². The van der Waals surface area contributed by atoms with Gasteiger partial charge in [-0.1, -0.05) is 6.92 Å². The van der Waals surface area contributed by atoms with E-state index in [0.717, 1.165) is 24.8 Å². The number of methoxy groups -OCH3 is 1. The molecule has 0 bridgehead atoms. The van der Waals surface area contributed by atoms with Crippen molar-refractivity contribution in [3.05, 3.63) is 29.3 Å². The summed E-state index contributed by atoms with van der Waals surface area (Å²) in [5.74, 6) is -1.96. The van der Waals surface area contributed by atoms with Gasteiger partial charge in [0.2, 0.25) is 0 Å². The Morgan fingerprint density at radius 3 is 2.25 bits per heavy atom. The Hall–Kier alpha value is -1.21. The molecule has 0 spiro atoms. The summed E-state index contributed by atoms with van der Waals surface area (Å²) < 4.78 is 55.6. The van der Waals surface area contributed by atoms with E-state index in [1.807, 2.05) is 6.92 Å². The van der Waals surface area contributed by atoms with E-state index < -0.39 is 27.5 Å². The van der Waals surface area contributed by atoms with E-state index in [-0.39, 0.29) is 17.1 Å². The van der Waals surface area contributed by atoms with Gasteiger partial charge in [-0.2, -0.15) is 0 Å². The van der Waals surface area contributed by atoms with E-state index in [0.29, 0.717) is 6.54 Å². The summed E-state index contributed by atoms with van der Waals surface area (Å²) in [6.07, 6.45) is 1.76. The van der Waals surface area contributed by atoms with E-state index in [2.05, 4.69) is 5.32 Å². The van der Waals surface area contributed by atoms with Crippen molar-refractivity contribution in [2.24, 2.45) is 0 Å². The Labute approximate surface area is 118 Å². The second-order valence-electron chi connectivity index (χ2n) is 4.60. The lowest BCUT2D eigenvalue weighted by molar-refractivity contribution is 0.402. The van der Waals surface area contributed by atoms with Gasteiger partial charge in [0.05, 0.1) is 18.9 Å². The highest BCUT2D eigenvalue weighted by Gasteiger charge is 2.24. The van der Waals surface area contributed by atoms with Crippen molar-refractivity contribution in [3.63, 3.8) is 0 Å². The quantitative estimate of drug-likeness (QED) is 0.838. The average molecular weight is 307 g/mol. The third-order valence-corrected chi connectivity index (χ3v) is 3.69. The summed E-state index contributed by atoms with van der Waals surface area (Å²) in [5, 5.41) is 2.86. The Morgan fingerprint density at radius 1 is 1.30 bits per heavy atom. The van der Waals surface area contributed by atoms with E-state index in [1.54, 1.807) is 0 Å². The molecule has 0 aliphatic rings. The molecular formula is C13H19F2NO3S. The smallest absolute Gasteiger partial charge is 0.149 e. The van der Waals surface area contributed by atoms with Crippen LogP contribution in [0.2, 0.25) is 0 Å². The number of nitrogens with one attached hydrogen (secondary N) is 1. The molecule has 0 saturated heterocycles. The molecule has 0 heterocycles. The van der Waals surface area contributed by atoms with Crippen LogP contribution in [0.5, 0.6) is 5.75 Å². The lowest BCUT2D eigenvalue weighted by atomic mass is 10.1. The zero-order chi connectivity index (χ0) is 15.3. The number of sulfone groups is 1. The molecular weight excluding hydrogens is 288 g/mol. The van der Waals surface area contributed by atoms with Crippen molar-refractivity contribution in [1.82, 2.24) is 5.32 Å². The number of halogens is 2. The maximum absolute atomic E-state index is 14.0. The topological polar surface area (TPSA) is 55.4 Å². The zero-order valence-corrected chi connectivity index (χ0v) is 12.6. The predicted molar refractivity (Wildman–Crippen MR) is 73.7 cm³/mol. The largest absolute Gasteiger partial charge is 0.497 e. The van der Waals surface area contributed by atoms with Gasteiger partial charge in [-0.3, -0.25) is 0 Å². The Kier molecular flexibility index (Phi) is 5.88. The fourth-order valence-electron chi connectivity index (χ4n) is 1.88. The fraction of sp³-hybridized carbons (Fsp3) is 0.538.